The SMILES string of the molecule is CCN(CCO)C(=O)c1cc(OC)c(OC)cc1[N+](=O)[O-]. The number of aliphatic hydroxyl groups excluding tert-OH is 1. The molecule has 0 saturated heterocycles. The van der Waals surface area contributed by atoms with Gasteiger partial charge in [-0.1, -0.05) is 0 Å². The molecular weight excluding hydrogens is 280 g/mol. The molecule has 0 aromatic heterocycles. The van der Waals surface area contributed by atoms with Gasteiger partial charge in [0.05, 0.1) is 31.8 Å². The number of rotatable bonds is 7. The first-order valence-corrected chi connectivity index (χ1v) is 6.30. The van der Waals surface area contributed by atoms with E-state index in [1.165, 1.54) is 25.2 Å². The molecule has 1 rings (SSSR count). The summed E-state index contributed by atoms with van der Waals surface area (Å²) in [6.45, 7) is 1.92. The summed E-state index contributed by atoms with van der Waals surface area (Å²) in [5.74, 6) is -0.142. The van der Waals surface area contributed by atoms with Crippen LogP contribution in [0.4, 0.5) is 5.69 Å². The van der Waals surface area contributed by atoms with Crippen LogP contribution in [-0.4, -0.2) is 54.8 Å². The molecule has 116 valence electrons. The van der Waals surface area contributed by atoms with Crippen LogP contribution in [0.5, 0.6) is 11.5 Å². The van der Waals surface area contributed by atoms with Crippen molar-refractivity contribution in [2.24, 2.45) is 0 Å². The van der Waals surface area contributed by atoms with Crippen LogP contribution < -0.4 is 9.47 Å². The lowest BCUT2D eigenvalue weighted by molar-refractivity contribution is -0.385. The number of hydrogen-bond donors (Lipinski definition) is 1. The predicted octanol–water partition coefficient (Wildman–Crippen LogP) is 1.07. The highest BCUT2D eigenvalue weighted by molar-refractivity contribution is 5.99. The molecule has 0 aliphatic heterocycles. The number of carbonyl (C=O) groups excluding carboxylic acids is 1. The first-order chi connectivity index (χ1) is 9.99. The zero-order valence-electron chi connectivity index (χ0n) is 12.2. The molecule has 0 saturated carbocycles. The maximum absolute atomic E-state index is 12.4. The number of ether oxygens (including phenoxy) is 2. The zero-order valence-corrected chi connectivity index (χ0v) is 12.2. The van der Waals surface area contributed by atoms with E-state index < -0.39 is 10.8 Å². The summed E-state index contributed by atoms with van der Waals surface area (Å²) in [4.78, 5) is 24.2. The van der Waals surface area contributed by atoms with Gasteiger partial charge in [0.1, 0.15) is 5.56 Å². The summed E-state index contributed by atoms with van der Waals surface area (Å²) < 4.78 is 10.1. The molecule has 0 aliphatic carbocycles. The normalized spacial score (nSPS) is 10.1. The van der Waals surface area contributed by atoms with Gasteiger partial charge in [-0.3, -0.25) is 14.9 Å². The molecule has 1 amide bonds. The number of nitrogens with zero attached hydrogens (tertiary/aromatic N) is 2. The Morgan fingerprint density at radius 1 is 1.33 bits per heavy atom. The topological polar surface area (TPSA) is 102 Å². The predicted molar refractivity (Wildman–Crippen MR) is 74.9 cm³/mol. The van der Waals surface area contributed by atoms with Gasteiger partial charge in [0.15, 0.2) is 11.5 Å². The Kier molecular flexibility index (Phi) is 5.92. The molecule has 0 atom stereocenters. The Bertz CT molecular complexity index is 532. The number of hydrogen-bond acceptors (Lipinski definition) is 6. The van der Waals surface area contributed by atoms with Crippen LogP contribution in [-0.2, 0) is 0 Å². The number of amides is 1. The Morgan fingerprint density at radius 2 is 1.90 bits per heavy atom. The molecule has 0 spiro atoms. The van der Waals surface area contributed by atoms with Crippen molar-refractivity contribution in [2.75, 3.05) is 33.9 Å². The van der Waals surface area contributed by atoms with Gasteiger partial charge in [0.2, 0.25) is 0 Å². The number of aliphatic hydroxyl groups is 1. The van der Waals surface area contributed by atoms with Crippen LogP contribution in [0.3, 0.4) is 0 Å². The van der Waals surface area contributed by atoms with E-state index in [0.717, 1.165) is 6.07 Å². The number of likely N-dealkylation sites (N-methyl/N-ethyl adjacent to an activating group) is 1. The van der Waals surface area contributed by atoms with Gasteiger partial charge in [-0.15, -0.1) is 0 Å². The molecule has 21 heavy (non-hydrogen) atoms. The van der Waals surface area contributed by atoms with Crippen molar-refractivity contribution in [3.05, 3.63) is 27.8 Å². The van der Waals surface area contributed by atoms with Gasteiger partial charge in [-0.25, -0.2) is 0 Å². The molecule has 0 aliphatic rings. The van der Waals surface area contributed by atoms with Gasteiger partial charge < -0.3 is 19.5 Å². The first-order valence-electron chi connectivity index (χ1n) is 6.30. The van der Waals surface area contributed by atoms with E-state index in [1.54, 1.807) is 6.92 Å². The van der Waals surface area contributed by atoms with Gasteiger partial charge in [-0.2, -0.15) is 0 Å². The standard InChI is InChI=1S/C13H18N2O6/c1-4-14(5-6-16)13(17)9-7-11(20-2)12(21-3)8-10(9)15(18)19/h7-8,16H,4-6H2,1-3H3. The average Bonchev–Trinajstić information content (AvgIpc) is 2.50. The lowest BCUT2D eigenvalue weighted by Crippen LogP contribution is -2.33. The van der Waals surface area contributed by atoms with Crippen molar-refractivity contribution in [2.45, 2.75) is 6.92 Å². The minimum absolute atomic E-state index is 0.0980. The second kappa shape index (κ2) is 7.44. The van der Waals surface area contributed by atoms with E-state index in [4.69, 9.17) is 14.6 Å². The number of methoxy groups -OCH3 is 2. The van der Waals surface area contributed by atoms with Crippen molar-refractivity contribution < 1.29 is 24.3 Å². The summed E-state index contributed by atoms with van der Waals surface area (Å²) >= 11 is 0. The smallest absolute Gasteiger partial charge is 0.286 e. The number of nitro groups is 1. The second-order valence-electron chi connectivity index (χ2n) is 4.09. The van der Waals surface area contributed by atoms with Crippen molar-refractivity contribution in [1.82, 2.24) is 4.90 Å². The summed E-state index contributed by atoms with van der Waals surface area (Å²) in [5, 5.41) is 20.1. The second-order valence-corrected chi connectivity index (χ2v) is 4.09. The van der Waals surface area contributed by atoms with E-state index in [0.29, 0.717) is 6.54 Å². The summed E-state index contributed by atoms with van der Waals surface area (Å²) in [6.07, 6.45) is 0. The van der Waals surface area contributed by atoms with Crippen molar-refractivity contribution >= 4 is 11.6 Å². The monoisotopic (exact) mass is 298 g/mol. The molecule has 0 bridgehead atoms. The molecule has 0 unspecified atom stereocenters. The summed E-state index contributed by atoms with van der Waals surface area (Å²) in [6, 6.07) is 2.43. The Balaban J connectivity index is 3.38. The van der Waals surface area contributed by atoms with Crippen LogP contribution in [0, 0.1) is 10.1 Å². The van der Waals surface area contributed by atoms with E-state index in [9.17, 15) is 14.9 Å². The lowest BCUT2D eigenvalue weighted by atomic mass is 10.1. The third kappa shape index (κ3) is 3.60. The molecule has 8 heteroatoms. The first kappa shape index (κ1) is 16.7. The third-order valence-corrected chi connectivity index (χ3v) is 2.97. The third-order valence-electron chi connectivity index (χ3n) is 2.97. The highest BCUT2D eigenvalue weighted by Gasteiger charge is 2.27. The van der Waals surface area contributed by atoms with Crippen LogP contribution >= 0.6 is 0 Å². The molecule has 1 aromatic carbocycles. The van der Waals surface area contributed by atoms with Gasteiger partial charge in [0.25, 0.3) is 11.6 Å². The summed E-state index contributed by atoms with van der Waals surface area (Å²) in [7, 11) is 2.73. The van der Waals surface area contributed by atoms with E-state index >= 15 is 0 Å². The molecule has 1 aromatic rings. The van der Waals surface area contributed by atoms with E-state index in [-0.39, 0.29) is 35.9 Å². The van der Waals surface area contributed by atoms with Gasteiger partial charge in [-0.05, 0) is 6.92 Å². The molecule has 0 radical (unpaired) electrons. The van der Waals surface area contributed by atoms with E-state index in [2.05, 4.69) is 0 Å². The van der Waals surface area contributed by atoms with Crippen molar-refractivity contribution in [3.8, 4) is 11.5 Å². The minimum Gasteiger partial charge on any atom is -0.493 e. The molecule has 8 nitrogen and oxygen atoms in total. The van der Waals surface area contributed by atoms with Crippen molar-refractivity contribution in [3.63, 3.8) is 0 Å². The van der Waals surface area contributed by atoms with Crippen LogP contribution in [0.25, 0.3) is 0 Å². The van der Waals surface area contributed by atoms with E-state index in [1.807, 2.05) is 0 Å². The maximum Gasteiger partial charge on any atom is 0.286 e. The quantitative estimate of drug-likeness (QED) is 0.596. The van der Waals surface area contributed by atoms with Gasteiger partial charge >= 0.3 is 0 Å². The average molecular weight is 298 g/mol. The fourth-order valence-electron chi connectivity index (χ4n) is 1.88. The fraction of sp³-hybridized carbons (Fsp3) is 0.462. The minimum atomic E-state index is -0.651. The number of nitro benzene ring substituents is 1. The van der Waals surface area contributed by atoms with Crippen LogP contribution in [0.15, 0.2) is 12.1 Å². The fourth-order valence-corrected chi connectivity index (χ4v) is 1.88. The largest absolute Gasteiger partial charge is 0.493 e. The van der Waals surface area contributed by atoms with Crippen LogP contribution in [0.2, 0.25) is 0 Å². The van der Waals surface area contributed by atoms with Gasteiger partial charge in [0, 0.05) is 19.2 Å². The number of carbonyl (C=O) groups is 1. The Labute approximate surface area is 122 Å². The lowest BCUT2D eigenvalue weighted by Gasteiger charge is -2.20. The van der Waals surface area contributed by atoms with Crippen molar-refractivity contribution in [1.29, 1.82) is 0 Å². The Morgan fingerprint density at radius 3 is 2.33 bits per heavy atom. The summed E-state index contributed by atoms with van der Waals surface area (Å²) in [5.41, 5.74) is -0.470. The highest BCUT2D eigenvalue weighted by atomic mass is 16.6. The zero-order chi connectivity index (χ0) is 16.0. The molecule has 1 N–H and O–H groups in total. The number of benzene rings is 1. The maximum atomic E-state index is 12.4. The molecule has 0 fully saturated rings. The molecular formula is C13H18N2O6. The highest BCUT2D eigenvalue weighted by Crippen LogP contribution is 2.35. The molecule has 0 heterocycles. The Hall–Kier alpha value is -2.35. The van der Waals surface area contributed by atoms with Crippen LogP contribution in [0.1, 0.15) is 17.3 Å².